The highest BCUT2D eigenvalue weighted by molar-refractivity contribution is 7.92. The molecule has 3 rings (SSSR count). The number of halogens is 3. The van der Waals surface area contributed by atoms with E-state index in [4.69, 9.17) is 10.8 Å². The van der Waals surface area contributed by atoms with Crippen LogP contribution in [0.25, 0.3) is 16.6 Å². The molecule has 0 atom stereocenters. The van der Waals surface area contributed by atoms with Gasteiger partial charge in [-0.3, -0.25) is 9.79 Å². The number of aryl methyl sites for hydroxylation is 1. The zero-order valence-electron chi connectivity index (χ0n) is 16.6. The average Bonchev–Trinajstić information content (AvgIpc) is 3.37. The molecule has 1 aromatic carbocycles. The van der Waals surface area contributed by atoms with Gasteiger partial charge >= 0.3 is 12.1 Å². The fourth-order valence-corrected chi connectivity index (χ4v) is 5.66. The lowest BCUT2D eigenvalue weighted by molar-refractivity contribution is -0.136. The summed E-state index contributed by atoms with van der Waals surface area (Å²) in [6.45, 7) is 0. The molecule has 0 aliphatic rings. The average molecular weight is 486 g/mol. The Hall–Kier alpha value is -3.12. The molecule has 0 spiro atoms. The number of hydrogen-bond acceptors (Lipinski definition) is 6. The first-order valence-corrected chi connectivity index (χ1v) is 11.4. The Morgan fingerprint density at radius 3 is 2.59 bits per heavy atom. The van der Waals surface area contributed by atoms with Gasteiger partial charge < -0.3 is 10.8 Å². The molecule has 3 N–H and O–H groups in total. The van der Waals surface area contributed by atoms with Gasteiger partial charge in [-0.1, -0.05) is 6.07 Å². The van der Waals surface area contributed by atoms with Crippen molar-refractivity contribution < 1.29 is 31.5 Å². The molecular formula is C20H18F3N3O4S2. The van der Waals surface area contributed by atoms with E-state index in [0.717, 1.165) is 27.9 Å². The summed E-state index contributed by atoms with van der Waals surface area (Å²) >= 11 is 0.743. The number of thiophene rings is 1. The zero-order valence-corrected chi connectivity index (χ0v) is 18.3. The molecule has 0 aliphatic heterocycles. The van der Waals surface area contributed by atoms with Crippen molar-refractivity contribution in [2.75, 3.05) is 7.05 Å². The van der Waals surface area contributed by atoms with Crippen molar-refractivity contribution in [3.8, 4) is 0 Å². The number of aliphatic carboxylic acids is 1. The summed E-state index contributed by atoms with van der Waals surface area (Å²) in [6, 6.07) is 9.16. The summed E-state index contributed by atoms with van der Waals surface area (Å²) < 4.78 is 65.8. The van der Waals surface area contributed by atoms with Crippen molar-refractivity contribution in [2.45, 2.75) is 23.2 Å². The molecule has 2 heterocycles. The van der Waals surface area contributed by atoms with Crippen LogP contribution < -0.4 is 5.73 Å². The maximum absolute atomic E-state index is 13.1. The van der Waals surface area contributed by atoms with Crippen LogP contribution in [0.1, 0.15) is 16.9 Å². The molecule has 32 heavy (non-hydrogen) atoms. The predicted octanol–water partition coefficient (Wildman–Crippen LogP) is 3.89. The quantitative estimate of drug-likeness (QED) is 0.493. The van der Waals surface area contributed by atoms with Crippen LogP contribution in [0.2, 0.25) is 0 Å². The van der Waals surface area contributed by atoms with Crippen molar-refractivity contribution >= 4 is 49.6 Å². The molecule has 170 valence electrons. The van der Waals surface area contributed by atoms with Crippen molar-refractivity contribution in [3.63, 3.8) is 0 Å². The minimum Gasteiger partial charge on any atom is -0.481 e. The Balaban J connectivity index is 1.93. The highest BCUT2D eigenvalue weighted by atomic mass is 32.2. The van der Waals surface area contributed by atoms with Gasteiger partial charge in [0.05, 0.1) is 16.1 Å². The van der Waals surface area contributed by atoms with Crippen molar-refractivity contribution in [1.82, 2.24) is 3.97 Å². The summed E-state index contributed by atoms with van der Waals surface area (Å²) in [5.41, 5.74) is 5.46. The predicted molar refractivity (Wildman–Crippen MR) is 116 cm³/mol. The topological polar surface area (TPSA) is 115 Å². The zero-order chi connectivity index (χ0) is 23.7. The fraction of sp³-hybridized carbons (Fsp3) is 0.200. The Bertz CT molecular complexity index is 1340. The number of alkyl halides is 3. The van der Waals surface area contributed by atoms with E-state index in [1.54, 1.807) is 24.3 Å². The number of aliphatic imine (C=N–C) groups is 1. The molecule has 0 bridgehead atoms. The highest BCUT2D eigenvalue weighted by Crippen LogP contribution is 2.30. The number of aromatic nitrogens is 1. The van der Waals surface area contributed by atoms with Gasteiger partial charge in [-0.15, -0.1) is 11.3 Å². The van der Waals surface area contributed by atoms with Crippen LogP contribution in [0.15, 0.2) is 57.9 Å². The fourth-order valence-electron chi connectivity index (χ4n) is 2.99. The van der Waals surface area contributed by atoms with Crippen LogP contribution in [-0.4, -0.2) is 42.4 Å². The summed E-state index contributed by atoms with van der Waals surface area (Å²) in [4.78, 5) is 14.1. The number of allylic oxidation sites excluding steroid dienone is 1. The lowest BCUT2D eigenvalue weighted by atomic mass is 10.1. The second-order valence-electron chi connectivity index (χ2n) is 6.73. The number of hydrogen-bond donors (Lipinski definition) is 2. The van der Waals surface area contributed by atoms with E-state index in [1.165, 1.54) is 18.3 Å². The van der Waals surface area contributed by atoms with Crippen LogP contribution in [0.5, 0.6) is 0 Å². The maximum Gasteiger partial charge on any atom is 0.432 e. The van der Waals surface area contributed by atoms with Gasteiger partial charge in [-0.25, -0.2) is 3.97 Å². The van der Waals surface area contributed by atoms with Crippen LogP contribution in [-0.2, 0) is 21.2 Å². The van der Waals surface area contributed by atoms with Crippen LogP contribution in [0.3, 0.4) is 0 Å². The van der Waals surface area contributed by atoms with Crippen LogP contribution in [0, 0.1) is 0 Å². The van der Waals surface area contributed by atoms with E-state index in [0.29, 0.717) is 23.4 Å². The summed E-state index contributed by atoms with van der Waals surface area (Å²) in [7, 11) is -3.04. The van der Waals surface area contributed by atoms with E-state index < -0.39 is 27.9 Å². The summed E-state index contributed by atoms with van der Waals surface area (Å²) in [5.74, 6) is -0.931. The maximum atomic E-state index is 13.1. The Kier molecular flexibility index (Phi) is 6.46. The van der Waals surface area contributed by atoms with Gasteiger partial charge in [0.2, 0.25) is 0 Å². The second kappa shape index (κ2) is 8.79. The van der Waals surface area contributed by atoms with Gasteiger partial charge in [0.1, 0.15) is 9.92 Å². The molecule has 2 aromatic heterocycles. The number of rotatable bonds is 7. The van der Waals surface area contributed by atoms with Crippen LogP contribution in [0.4, 0.5) is 13.2 Å². The number of carbonyl (C=O) groups is 1. The first-order chi connectivity index (χ1) is 14.9. The van der Waals surface area contributed by atoms with Gasteiger partial charge in [-0.2, -0.15) is 21.6 Å². The Morgan fingerprint density at radius 1 is 1.25 bits per heavy atom. The van der Waals surface area contributed by atoms with Gasteiger partial charge in [-0.05, 0) is 48.4 Å². The standard InChI is InChI=1S/C20H18F3N3O4S2/c1-25-17(20(21,22)23)11-14(24)16-5-7-19(31-16)32(29,30)26-9-8-13-10-12(2-4-15(13)26)3-6-18(27)28/h2,4-5,7-11H,3,6,24H2,1H3,(H,27,28). The third-order valence-corrected chi connectivity index (χ3v) is 7.84. The van der Waals surface area contributed by atoms with Crippen molar-refractivity contribution in [1.29, 1.82) is 0 Å². The Labute approximate surface area is 185 Å². The number of benzene rings is 1. The van der Waals surface area contributed by atoms with E-state index >= 15 is 0 Å². The Morgan fingerprint density at radius 2 is 1.97 bits per heavy atom. The number of carboxylic acid groups (broad SMARTS) is 1. The molecule has 0 radical (unpaired) electrons. The summed E-state index contributed by atoms with van der Waals surface area (Å²) in [5, 5.41) is 9.42. The summed E-state index contributed by atoms with van der Waals surface area (Å²) in [6.07, 6.45) is -2.39. The SMILES string of the molecule is CN=C(C=C(N)c1ccc(S(=O)(=O)n2ccc3cc(CCC(=O)O)ccc32)s1)C(F)(F)F. The van der Waals surface area contributed by atoms with Crippen molar-refractivity contribution in [2.24, 2.45) is 10.7 Å². The largest absolute Gasteiger partial charge is 0.481 e. The number of nitrogens with zero attached hydrogens (tertiary/aromatic N) is 2. The number of nitrogens with two attached hydrogens (primary N) is 1. The molecular weight excluding hydrogens is 467 g/mol. The smallest absolute Gasteiger partial charge is 0.432 e. The molecule has 0 unspecified atom stereocenters. The molecule has 3 aromatic rings. The second-order valence-corrected chi connectivity index (χ2v) is 9.85. The molecule has 0 aliphatic carbocycles. The van der Waals surface area contributed by atoms with E-state index in [2.05, 4.69) is 4.99 Å². The minimum absolute atomic E-state index is 0.0454. The normalized spacial score (nSPS) is 13.6. The molecule has 0 fully saturated rings. The van der Waals surface area contributed by atoms with Gasteiger partial charge in [0.15, 0.2) is 0 Å². The first-order valence-electron chi connectivity index (χ1n) is 9.12. The number of fused-ring (bicyclic) bond motifs is 1. The molecule has 7 nitrogen and oxygen atoms in total. The molecule has 0 amide bonds. The van der Waals surface area contributed by atoms with Gasteiger partial charge in [0.25, 0.3) is 10.0 Å². The van der Waals surface area contributed by atoms with E-state index in [-0.39, 0.29) is 21.2 Å². The lowest BCUT2D eigenvalue weighted by Crippen LogP contribution is -2.21. The molecule has 0 saturated heterocycles. The van der Waals surface area contributed by atoms with Gasteiger partial charge in [0, 0.05) is 25.1 Å². The minimum atomic E-state index is -4.68. The van der Waals surface area contributed by atoms with Crippen LogP contribution >= 0.6 is 11.3 Å². The third-order valence-electron chi connectivity index (χ3n) is 4.55. The molecule has 12 heteroatoms. The molecule has 0 saturated carbocycles. The lowest BCUT2D eigenvalue weighted by Gasteiger charge is -2.07. The third kappa shape index (κ3) is 4.86. The first kappa shape index (κ1) is 23.5. The van der Waals surface area contributed by atoms with Crippen molar-refractivity contribution in [3.05, 3.63) is 59.1 Å². The van der Waals surface area contributed by atoms with E-state index in [9.17, 15) is 26.4 Å². The highest BCUT2D eigenvalue weighted by Gasteiger charge is 2.34. The number of carboxylic acids is 1. The monoisotopic (exact) mass is 485 g/mol. The van der Waals surface area contributed by atoms with E-state index in [1.807, 2.05) is 0 Å².